The van der Waals surface area contributed by atoms with Crippen LogP contribution in [0.4, 0.5) is 5.69 Å². The summed E-state index contributed by atoms with van der Waals surface area (Å²) in [5.41, 5.74) is -0.548. The van der Waals surface area contributed by atoms with Crippen LogP contribution < -0.4 is 4.90 Å². The molecule has 23 heavy (non-hydrogen) atoms. The van der Waals surface area contributed by atoms with E-state index in [0.717, 1.165) is 12.0 Å². The smallest absolute Gasteiger partial charge is 0.344 e. The van der Waals surface area contributed by atoms with Gasteiger partial charge in [0, 0.05) is 25.5 Å². The second-order valence-electron chi connectivity index (χ2n) is 5.53. The van der Waals surface area contributed by atoms with Crippen molar-refractivity contribution in [1.82, 2.24) is 0 Å². The van der Waals surface area contributed by atoms with Gasteiger partial charge in [-0.1, -0.05) is 12.1 Å². The lowest BCUT2D eigenvalue weighted by atomic mass is 9.93. The van der Waals surface area contributed by atoms with Crippen molar-refractivity contribution in [2.45, 2.75) is 32.2 Å². The molecule has 1 N–H and O–H groups in total. The third-order valence-corrected chi connectivity index (χ3v) is 3.86. The number of ketones is 1. The summed E-state index contributed by atoms with van der Waals surface area (Å²) in [6.45, 7) is 2.64. The van der Waals surface area contributed by atoms with Crippen LogP contribution in [0.5, 0.6) is 0 Å². The third kappa shape index (κ3) is 2.58. The molecule has 1 aliphatic heterocycles. The standard InChI is InChI=1S/C16H17NO6/c1-9(18)6-11-4-5-13-12(7-11)8-16(14(20)21,15(22)23-3)17(13)10(2)19/h4-5,7H,6,8H2,1-3H3,(H,20,21). The predicted octanol–water partition coefficient (Wildman–Crippen LogP) is 0.723. The zero-order valence-electron chi connectivity index (χ0n) is 13.1. The van der Waals surface area contributed by atoms with Crippen LogP contribution in [0.25, 0.3) is 0 Å². The SMILES string of the molecule is COC(=O)C1(C(=O)O)Cc2cc(CC(C)=O)ccc2N1C(C)=O. The number of hydrogen-bond donors (Lipinski definition) is 1. The summed E-state index contributed by atoms with van der Waals surface area (Å²) in [7, 11) is 1.08. The van der Waals surface area contributed by atoms with Crippen molar-refractivity contribution >= 4 is 29.3 Å². The maximum atomic E-state index is 12.2. The van der Waals surface area contributed by atoms with Gasteiger partial charge in [-0.05, 0) is 24.1 Å². The Kier molecular flexibility index (Phi) is 4.22. The maximum absolute atomic E-state index is 12.2. The first-order valence-corrected chi connectivity index (χ1v) is 6.98. The van der Waals surface area contributed by atoms with Gasteiger partial charge in [0.25, 0.3) is 0 Å². The van der Waals surface area contributed by atoms with Gasteiger partial charge >= 0.3 is 11.9 Å². The summed E-state index contributed by atoms with van der Waals surface area (Å²) in [5.74, 6) is -3.08. The Balaban J connectivity index is 2.60. The van der Waals surface area contributed by atoms with E-state index < -0.39 is 23.4 Å². The van der Waals surface area contributed by atoms with E-state index in [4.69, 9.17) is 0 Å². The van der Waals surface area contributed by atoms with Gasteiger partial charge in [0.2, 0.25) is 11.4 Å². The highest BCUT2D eigenvalue weighted by atomic mass is 16.5. The van der Waals surface area contributed by atoms with Gasteiger partial charge in [-0.3, -0.25) is 14.5 Å². The lowest BCUT2D eigenvalue weighted by Gasteiger charge is -2.31. The first kappa shape index (κ1) is 16.7. The van der Waals surface area contributed by atoms with Gasteiger partial charge in [0.05, 0.1) is 7.11 Å². The van der Waals surface area contributed by atoms with Gasteiger partial charge < -0.3 is 9.84 Å². The number of carboxylic acids is 1. The molecule has 0 radical (unpaired) electrons. The Labute approximate surface area is 132 Å². The lowest BCUT2D eigenvalue weighted by molar-refractivity contribution is -0.160. The van der Waals surface area contributed by atoms with Crippen molar-refractivity contribution in [1.29, 1.82) is 0 Å². The Bertz CT molecular complexity index is 711. The Hall–Kier alpha value is -2.70. The van der Waals surface area contributed by atoms with E-state index in [2.05, 4.69) is 4.74 Å². The Morgan fingerprint density at radius 3 is 2.39 bits per heavy atom. The van der Waals surface area contributed by atoms with Crippen LogP contribution in [0.3, 0.4) is 0 Å². The third-order valence-electron chi connectivity index (χ3n) is 3.86. The van der Waals surface area contributed by atoms with Crippen molar-refractivity contribution in [3.05, 3.63) is 29.3 Å². The second kappa shape index (κ2) is 5.83. The highest BCUT2D eigenvalue weighted by Crippen LogP contribution is 2.40. The molecule has 0 saturated carbocycles. The predicted molar refractivity (Wildman–Crippen MR) is 80.1 cm³/mol. The van der Waals surface area contributed by atoms with Crippen LogP contribution in [-0.2, 0) is 36.8 Å². The molecule has 0 bridgehead atoms. The molecule has 7 nitrogen and oxygen atoms in total. The molecule has 1 aromatic rings. The number of hydrogen-bond acceptors (Lipinski definition) is 5. The number of methoxy groups -OCH3 is 1. The highest BCUT2D eigenvalue weighted by molar-refractivity contribution is 6.16. The summed E-state index contributed by atoms with van der Waals surface area (Å²) in [6, 6.07) is 4.86. The number of carbonyl (C=O) groups excluding carboxylic acids is 3. The van der Waals surface area contributed by atoms with Crippen LogP contribution in [0.2, 0.25) is 0 Å². The van der Waals surface area contributed by atoms with Crippen molar-refractivity contribution in [3.8, 4) is 0 Å². The summed E-state index contributed by atoms with van der Waals surface area (Å²) in [4.78, 5) is 48.2. The number of anilines is 1. The fourth-order valence-corrected chi connectivity index (χ4v) is 2.99. The molecule has 2 rings (SSSR count). The van der Waals surface area contributed by atoms with Crippen molar-refractivity contribution in [2.24, 2.45) is 0 Å². The zero-order chi connectivity index (χ0) is 17.4. The molecular weight excluding hydrogens is 302 g/mol. The summed E-state index contributed by atoms with van der Waals surface area (Å²) < 4.78 is 4.64. The minimum Gasteiger partial charge on any atom is -0.479 e. The largest absolute Gasteiger partial charge is 0.479 e. The molecule has 1 unspecified atom stereocenters. The molecule has 122 valence electrons. The van der Waals surface area contributed by atoms with Crippen molar-refractivity contribution in [2.75, 3.05) is 12.0 Å². The van der Waals surface area contributed by atoms with E-state index in [-0.39, 0.29) is 18.6 Å². The second-order valence-corrected chi connectivity index (χ2v) is 5.53. The van der Waals surface area contributed by atoms with Gasteiger partial charge in [0.15, 0.2) is 0 Å². The van der Waals surface area contributed by atoms with Crippen molar-refractivity contribution in [3.63, 3.8) is 0 Å². The molecule has 0 saturated heterocycles. The molecule has 1 atom stereocenters. The van der Waals surface area contributed by atoms with Gasteiger partial charge in [-0.2, -0.15) is 0 Å². The van der Waals surface area contributed by atoms with E-state index in [9.17, 15) is 24.3 Å². The minimum absolute atomic E-state index is 0.0381. The number of Topliss-reactive ketones (excluding diaryl/α,β-unsaturated/α-hetero) is 1. The summed E-state index contributed by atoms with van der Waals surface area (Å²) >= 11 is 0. The molecular formula is C16H17NO6. The van der Waals surface area contributed by atoms with Gasteiger partial charge in [-0.15, -0.1) is 0 Å². The number of benzene rings is 1. The molecule has 0 aliphatic carbocycles. The quantitative estimate of drug-likeness (QED) is 0.648. The highest BCUT2D eigenvalue weighted by Gasteiger charge is 2.59. The lowest BCUT2D eigenvalue weighted by Crippen LogP contribution is -2.61. The van der Waals surface area contributed by atoms with Gasteiger partial charge in [-0.25, -0.2) is 9.59 Å². The first-order valence-electron chi connectivity index (χ1n) is 6.98. The topological polar surface area (TPSA) is 101 Å². The number of carbonyl (C=O) groups is 4. The minimum atomic E-state index is -2.11. The molecule has 0 spiro atoms. The molecule has 0 fully saturated rings. The van der Waals surface area contributed by atoms with E-state index in [0.29, 0.717) is 16.8 Å². The normalized spacial score (nSPS) is 19.2. The molecule has 0 aromatic heterocycles. The average Bonchev–Trinajstić information content (AvgIpc) is 2.81. The molecule has 1 aliphatic rings. The fourth-order valence-electron chi connectivity index (χ4n) is 2.99. The first-order chi connectivity index (χ1) is 10.7. The number of ether oxygens (including phenoxy) is 1. The molecule has 1 heterocycles. The average molecular weight is 319 g/mol. The van der Waals surface area contributed by atoms with E-state index in [1.165, 1.54) is 13.8 Å². The van der Waals surface area contributed by atoms with E-state index >= 15 is 0 Å². The number of amides is 1. The Morgan fingerprint density at radius 2 is 1.91 bits per heavy atom. The number of esters is 1. The molecule has 7 heteroatoms. The zero-order valence-corrected chi connectivity index (χ0v) is 13.1. The fraction of sp³-hybridized carbons (Fsp3) is 0.375. The summed E-state index contributed by atoms with van der Waals surface area (Å²) in [5, 5.41) is 9.62. The maximum Gasteiger partial charge on any atom is 0.344 e. The number of aliphatic carboxylic acids is 1. The Morgan fingerprint density at radius 1 is 1.26 bits per heavy atom. The number of carboxylic acid groups (broad SMARTS) is 1. The van der Waals surface area contributed by atoms with Crippen LogP contribution in [0.15, 0.2) is 18.2 Å². The molecule has 1 amide bonds. The number of rotatable bonds is 4. The van der Waals surface area contributed by atoms with Gasteiger partial charge in [0.1, 0.15) is 5.78 Å². The van der Waals surface area contributed by atoms with Crippen molar-refractivity contribution < 1.29 is 29.0 Å². The van der Waals surface area contributed by atoms with Crippen LogP contribution in [0.1, 0.15) is 25.0 Å². The van der Waals surface area contributed by atoms with Crippen LogP contribution in [-0.4, -0.2) is 41.4 Å². The van der Waals surface area contributed by atoms with E-state index in [1.807, 2.05) is 0 Å². The van der Waals surface area contributed by atoms with Crippen LogP contribution >= 0.6 is 0 Å². The monoisotopic (exact) mass is 319 g/mol. The van der Waals surface area contributed by atoms with Crippen LogP contribution in [0, 0.1) is 0 Å². The summed E-state index contributed by atoms with van der Waals surface area (Å²) in [6.07, 6.45) is 0.00130. The number of fused-ring (bicyclic) bond motifs is 1. The molecule has 1 aromatic carbocycles. The number of nitrogens with zero attached hydrogens (tertiary/aromatic N) is 1. The van der Waals surface area contributed by atoms with E-state index in [1.54, 1.807) is 18.2 Å².